The average Bonchev–Trinajstić information content (AvgIpc) is 2.61. The Labute approximate surface area is 109 Å². The van der Waals surface area contributed by atoms with E-state index in [2.05, 4.69) is 25.4 Å². The maximum absolute atomic E-state index is 11.8. The summed E-state index contributed by atoms with van der Waals surface area (Å²) < 4.78 is 0.121. The van der Waals surface area contributed by atoms with E-state index in [0.717, 1.165) is 25.8 Å². The van der Waals surface area contributed by atoms with E-state index in [1.807, 2.05) is 0 Å². The van der Waals surface area contributed by atoms with E-state index in [4.69, 9.17) is 5.73 Å². The molecular formula is C11H23ClN2OS. The van der Waals surface area contributed by atoms with Crippen molar-refractivity contribution in [3.63, 3.8) is 0 Å². The van der Waals surface area contributed by atoms with Crippen molar-refractivity contribution >= 4 is 30.1 Å². The van der Waals surface area contributed by atoms with Crippen molar-refractivity contribution in [3.05, 3.63) is 0 Å². The van der Waals surface area contributed by atoms with Crippen molar-refractivity contribution in [2.75, 3.05) is 12.8 Å². The van der Waals surface area contributed by atoms with E-state index in [9.17, 15) is 4.79 Å². The molecule has 0 heterocycles. The molecule has 3 nitrogen and oxygen atoms in total. The summed E-state index contributed by atoms with van der Waals surface area (Å²) in [6.07, 6.45) is 4.86. The first-order valence-corrected chi connectivity index (χ1v) is 6.75. The molecule has 96 valence electrons. The van der Waals surface area contributed by atoms with E-state index >= 15 is 0 Å². The van der Waals surface area contributed by atoms with Crippen LogP contribution in [0.15, 0.2) is 0 Å². The van der Waals surface area contributed by atoms with Gasteiger partial charge in [0.1, 0.15) is 0 Å². The van der Waals surface area contributed by atoms with Gasteiger partial charge in [-0.15, -0.1) is 12.4 Å². The third kappa shape index (κ3) is 4.93. The third-order valence-electron chi connectivity index (χ3n) is 3.08. The van der Waals surface area contributed by atoms with Gasteiger partial charge in [0.05, 0.1) is 0 Å². The van der Waals surface area contributed by atoms with Crippen LogP contribution >= 0.6 is 24.2 Å². The summed E-state index contributed by atoms with van der Waals surface area (Å²) >= 11 is 1.77. The SMILES string of the molecule is CSC(C)(C)CNC(=O)C1CCC(N)C1.Cl. The van der Waals surface area contributed by atoms with Crippen LogP contribution in [0.3, 0.4) is 0 Å². The number of carbonyl (C=O) groups excluding carboxylic acids is 1. The fourth-order valence-electron chi connectivity index (χ4n) is 1.77. The molecule has 0 radical (unpaired) electrons. The quantitative estimate of drug-likeness (QED) is 0.816. The van der Waals surface area contributed by atoms with Crippen LogP contribution < -0.4 is 11.1 Å². The molecule has 0 spiro atoms. The van der Waals surface area contributed by atoms with Gasteiger partial charge in [0.2, 0.25) is 5.91 Å². The smallest absolute Gasteiger partial charge is 0.223 e. The van der Waals surface area contributed by atoms with Crippen molar-refractivity contribution in [1.82, 2.24) is 5.32 Å². The number of hydrogen-bond donors (Lipinski definition) is 2. The minimum atomic E-state index is 0. The Bertz CT molecular complexity index is 236. The first-order chi connectivity index (χ1) is 6.94. The zero-order valence-corrected chi connectivity index (χ0v) is 11.9. The van der Waals surface area contributed by atoms with Crippen LogP contribution in [0.25, 0.3) is 0 Å². The van der Waals surface area contributed by atoms with Crippen LogP contribution in [0.4, 0.5) is 0 Å². The molecule has 0 aromatic carbocycles. The molecule has 0 bridgehead atoms. The van der Waals surface area contributed by atoms with Crippen molar-refractivity contribution in [1.29, 1.82) is 0 Å². The van der Waals surface area contributed by atoms with Gasteiger partial charge in [0, 0.05) is 23.3 Å². The highest BCUT2D eigenvalue weighted by atomic mass is 35.5. The Balaban J connectivity index is 0.00000225. The molecule has 1 rings (SSSR count). The highest BCUT2D eigenvalue weighted by Gasteiger charge is 2.28. The summed E-state index contributed by atoms with van der Waals surface area (Å²) in [6, 6.07) is 0.231. The molecule has 0 saturated heterocycles. The third-order valence-corrected chi connectivity index (χ3v) is 4.33. The first-order valence-electron chi connectivity index (χ1n) is 5.53. The number of nitrogens with one attached hydrogen (secondary N) is 1. The summed E-state index contributed by atoms with van der Waals surface area (Å²) in [5.41, 5.74) is 5.79. The Hall–Kier alpha value is 0.0700. The van der Waals surface area contributed by atoms with E-state index in [-0.39, 0.29) is 35.0 Å². The van der Waals surface area contributed by atoms with Crippen molar-refractivity contribution in [2.45, 2.75) is 43.9 Å². The van der Waals surface area contributed by atoms with Gasteiger partial charge in [-0.05, 0) is 39.4 Å². The first kappa shape index (κ1) is 16.1. The van der Waals surface area contributed by atoms with Gasteiger partial charge in [-0.2, -0.15) is 11.8 Å². The number of thioether (sulfide) groups is 1. The van der Waals surface area contributed by atoms with Crippen molar-refractivity contribution in [2.24, 2.45) is 11.7 Å². The topological polar surface area (TPSA) is 55.1 Å². The fourth-order valence-corrected chi connectivity index (χ4v) is 1.99. The van der Waals surface area contributed by atoms with Crippen LogP contribution in [0, 0.1) is 5.92 Å². The van der Waals surface area contributed by atoms with E-state index < -0.39 is 0 Å². The van der Waals surface area contributed by atoms with Crippen molar-refractivity contribution < 1.29 is 4.79 Å². The average molecular weight is 267 g/mol. The fraction of sp³-hybridized carbons (Fsp3) is 0.909. The number of halogens is 1. The van der Waals surface area contributed by atoms with Gasteiger partial charge in [-0.1, -0.05) is 0 Å². The zero-order valence-electron chi connectivity index (χ0n) is 10.3. The number of carbonyl (C=O) groups is 1. The summed E-state index contributed by atoms with van der Waals surface area (Å²) in [5.74, 6) is 0.336. The molecule has 2 unspecified atom stereocenters. The minimum Gasteiger partial charge on any atom is -0.354 e. The van der Waals surface area contributed by atoms with Crippen LogP contribution in [0.1, 0.15) is 33.1 Å². The maximum Gasteiger partial charge on any atom is 0.223 e. The van der Waals surface area contributed by atoms with E-state index in [0.29, 0.717) is 0 Å². The van der Waals surface area contributed by atoms with Gasteiger partial charge < -0.3 is 11.1 Å². The molecule has 0 aromatic rings. The van der Waals surface area contributed by atoms with Gasteiger partial charge >= 0.3 is 0 Å². The highest BCUT2D eigenvalue weighted by molar-refractivity contribution is 7.99. The molecule has 1 amide bonds. The molecular weight excluding hydrogens is 244 g/mol. The standard InChI is InChI=1S/C11H22N2OS.ClH/c1-11(2,15-3)7-13-10(14)8-4-5-9(12)6-8;/h8-9H,4-7,12H2,1-3H3,(H,13,14);1H. The predicted octanol–water partition coefficient (Wildman–Crippen LogP) is 1.79. The molecule has 1 fully saturated rings. The Morgan fingerprint density at radius 3 is 2.56 bits per heavy atom. The number of hydrogen-bond acceptors (Lipinski definition) is 3. The molecule has 5 heteroatoms. The summed E-state index contributed by atoms with van der Waals surface area (Å²) in [6.45, 7) is 5.01. The van der Waals surface area contributed by atoms with Crippen LogP contribution in [0.5, 0.6) is 0 Å². The molecule has 16 heavy (non-hydrogen) atoms. The van der Waals surface area contributed by atoms with Gasteiger partial charge in [0.15, 0.2) is 0 Å². The maximum atomic E-state index is 11.8. The lowest BCUT2D eigenvalue weighted by Crippen LogP contribution is -2.39. The molecule has 0 aromatic heterocycles. The second kappa shape index (κ2) is 6.72. The normalized spacial score (nSPS) is 25.0. The van der Waals surface area contributed by atoms with Crippen LogP contribution in [-0.2, 0) is 4.79 Å². The molecule has 1 saturated carbocycles. The minimum absolute atomic E-state index is 0. The second-order valence-electron chi connectivity index (χ2n) is 4.95. The lowest BCUT2D eigenvalue weighted by Gasteiger charge is -2.23. The summed E-state index contributed by atoms with van der Waals surface area (Å²) in [5, 5.41) is 3.02. The molecule has 1 aliphatic carbocycles. The van der Waals surface area contributed by atoms with E-state index in [1.54, 1.807) is 11.8 Å². The van der Waals surface area contributed by atoms with E-state index in [1.165, 1.54) is 0 Å². The Morgan fingerprint density at radius 2 is 2.12 bits per heavy atom. The van der Waals surface area contributed by atoms with Crippen LogP contribution in [0.2, 0.25) is 0 Å². The molecule has 1 aliphatic rings. The number of rotatable bonds is 4. The number of nitrogens with two attached hydrogens (primary N) is 1. The highest BCUT2D eigenvalue weighted by Crippen LogP contribution is 2.25. The zero-order chi connectivity index (χ0) is 11.5. The lowest BCUT2D eigenvalue weighted by atomic mass is 10.1. The molecule has 3 N–H and O–H groups in total. The number of amides is 1. The second-order valence-corrected chi connectivity index (χ2v) is 6.47. The summed E-state index contributed by atoms with van der Waals surface area (Å²) in [7, 11) is 0. The largest absolute Gasteiger partial charge is 0.354 e. The van der Waals surface area contributed by atoms with Gasteiger partial charge in [0.25, 0.3) is 0 Å². The van der Waals surface area contributed by atoms with Gasteiger partial charge in [-0.25, -0.2) is 0 Å². The predicted molar refractivity (Wildman–Crippen MR) is 73.2 cm³/mol. The Kier molecular flexibility index (Phi) is 6.75. The van der Waals surface area contributed by atoms with Crippen molar-refractivity contribution in [3.8, 4) is 0 Å². The molecule has 2 atom stereocenters. The summed E-state index contributed by atoms with van der Waals surface area (Å²) in [4.78, 5) is 11.8. The van der Waals surface area contributed by atoms with Gasteiger partial charge in [-0.3, -0.25) is 4.79 Å². The molecule has 0 aliphatic heterocycles. The van der Waals surface area contributed by atoms with Crippen LogP contribution in [-0.4, -0.2) is 29.5 Å². The monoisotopic (exact) mass is 266 g/mol. The lowest BCUT2D eigenvalue weighted by molar-refractivity contribution is -0.124. The Morgan fingerprint density at radius 1 is 1.50 bits per heavy atom.